The molecule has 0 bridgehead atoms. The average molecular weight is 517 g/mol. The monoisotopic (exact) mass is 516 g/mol. The van der Waals surface area contributed by atoms with Crippen molar-refractivity contribution in [2.45, 2.75) is 102 Å². The number of aliphatic hydroxyl groups excluding tert-OH is 1. The van der Waals surface area contributed by atoms with Crippen LogP contribution in [0.5, 0.6) is 0 Å². The number of Topliss-reactive ketones (excluding diaryl/α,β-unsaturated/α-hetero) is 1. The van der Waals surface area contributed by atoms with Crippen LogP contribution in [0.4, 0.5) is 4.39 Å². The van der Waals surface area contributed by atoms with E-state index in [2.05, 4.69) is 0 Å². The first-order valence-electron chi connectivity index (χ1n) is 14.1. The van der Waals surface area contributed by atoms with Gasteiger partial charge in [0.1, 0.15) is 5.60 Å². The van der Waals surface area contributed by atoms with Crippen molar-refractivity contribution in [2.24, 2.45) is 34.5 Å². The van der Waals surface area contributed by atoms with Crippen molar-refractivity contribution in [3.63, 3.8) is 0 Å². The van der Waals surface area contributed by atoms with E-state index in [1.54, 1.807) is 26.8 Å². The Labute approximate surface area is 218 Å². The SMILES string of the molecule is CC1CC2C3CCC4=CC(=O)C=CC4(C)C3(F)C(O)CC2(C)C1(O)C(=O)COC(=O)CC1CCCCC1. The molecule has 0 aromatic rings. The maximum Gasteiger partial charge on any atom is 0.306 e. The van der Waals surface area contributed by atoms with Crippen molar-refractivity contribution < 1.29 is 33.7 Å². The number of hydrogen-bond donors (Lipinski definition) is 2. The number of ether oxygens (including phenoxy) is 1. The van der Waals surface area contributed by atoms with Gasteiger partial charge in [0.2, 0.25) is 5.78 Å². The lowest BCUT2D eigenvalue weighted by Gasteiger charge is -2.62. The summed E-state index contributed by atoms with van der Waals surface area (Å²) in [6.07, 6.45) is 10.0. The van der Waals surface area contributed by atoms with Gasteiger partial charge < -0.3 is 14.9 Å². The molecule has 0 amide bonds. The van der Waals surface area contributed by atoms with Gasteiger partial charge in [-0.2, -0.15) is 0 Å². The van der Waals surface area contributed by atoms with Crippen molar-refractivity contribution in [1.82, 2.24) is 0 Å². The molecule has 7 heteroatoms. The second-order valence-electron chi connectivity index (χ2n) is 13.0. The van der Waals surface area contributed by atoms with E-state index in [1.807, 2.05) is 0 Å². The molecule has 0 radical (unpaired) electrons. The molecule has 0 saturated heterocycles. The van der Waals surface area contributed by atoms with Crippen LogP contribution in [0.15, 0.2) is 23.8 Å². The number of esters is 1. The summed E-state index contributed by atoms with van der Waals surface area (Å²) in [6, 6.07) is 0. The lowest BCUT2D eigenvalue weighted by atomic mass is 9.44. The minimum atomic E-state index is -2.01. The number of halogens is 1. The molecule has 5 aliphatic rings. The van der Waals surface area contributed by atoms with Crippen molar-refractivity contribution in [3.8, 4) is 0 Å². The van der Waals surface area contributed by atoms with Gasteiger partial charge in [-0.05, 0) is 75.4 Å². The molecule has 4 fully saturated rings. The lowest BCUT2D eigenvalue weighted by Crippen LogP contribution is -2.69. The van der Waals surface area contributed by atoms with E-state index < -0.39 is 58.4 Å². The van der Waals surface area contributed by atoms with Crippen molar-refractivity contribution >= 4 is 17.5 Å². The van der Waals surface area contributed by atoms with Gasteiger partial charge >= 0.3 is 5.97 Å². The minimum Gasteiger partial charge on any atom is -0.458 e. The predicted molar refractivity (Wildman–Crippen MR) is 135 cm³/mol. The van der Waals surface area contributed by atoms with Crippen LogP contribution in [0.3, 0.4) is 0 Å². The molecule has 0 aromatic carbocycles. The molecule has 6 nitrogen and oxygen atoms in total. The fourth-order valence-corrected chi connectivity index (χ4v) is 9.08. The van der Waals surface area contributed by atoms with Crippen molar-refractivity contribution in [1.29, 1.82) is 0 Å². The fourth-order valence-electron chi connectivity index (χ4n) is 9.08. The maximum absolute atomic E-state index is 17.2. The van der Waals surface area contributed by atoms with E-state index in [-0.39, 0.29) is 30.5 Å². The summed E-state index contributed by atoms with van der Waals surface area (Å²) in [5.74, 6) is -2.26. The molecule has 204 valence electrons. The predicted octanol–water partition coefficient (Wildman–Crippen LogP) is 4.42. The van der Waals surface area contributed by atoms with E-state index in [9.17, 15) is 24.6 Å². The number of alkyl halides is 1. The van der Waals surface area contributed by atoms with Gasteiger partial charge in [-0.25, -0.2) is 4.39 Å². The molecule has 37 heavy (non-hydrogen) atoms. The number of carbonyl (C=O) groups is 3. The zero-order valence-corrected chi connectivity index (χ0v) is 22.3. The molecule has 5 aliphatic carbocycles. The van der Waals surface area contributed by atoms with Crippen LogP contribution in [-0.4, -0.2) is 51.7 Å². The summed E-state index contributed by atoms with van der Waals surface area (Å²) >= 11 is 0. The molecule has 0 spiro atoms. The first-order valence-corrected chi connectivity index (χ1v) is 14.1. The van der Waals surface area contributed by atoms with Crippen LogP contribution in [0.1, 0.15) is 85.0 Å². The standard InChI is InChI=1S/C30H41FO6/c1-18-13-23-22-10-9-20-15-21(32)11-12-27(20,2)29(22,31)24(33)16-28(23,3)30(18,36)25(34)17-37-26(35)14-19-7-5-4-6-8-19/h11-12,15,18-19,22-24,33,36H,4-10,13-14,16-17H2,1-3H3. The summed E-state index contributed by atoms with van der Waals surface area (Å²) in [4.78, 5) is 38.0. The highest BCUT2D eigenvalue weighted by molar-refractivity contribution is 6.01. The Kier molecular flexibility index (Phi) is 6.59. The van der Waals surface area contributed by atoms with Gasteiger partial charge in [0, 0.05) is 23.2 Å². The van der Waals surface area contributed by atoms with E-state index in [1.165, 1.54) is 18.6 Å². The van der Waals surface area contributed by atoms with Gasteiger partial charge in [-0.3, -0.25) is 14.4 Å². The molecular formula is C30H41FO6. The first-order chi connectivity index (χ1) is 17.4. The Balaban J connectivity index is 1.37. The molecule has 8 unspecified atom stereocenters. The Morgan fingerprint density at radius 3 is 2.54 bits per heavy atom. The Bertz CT molecular complexity index is 1040. The molecule has 2 N–H and O–H groups in total. The third kappa shape index (κ3) is 3.74. The second-order valence-corrected chi connectivity index (χ2v) is 13.0. The topological polar surface area (TPSA) is 101 Å². The number of allylic oxidation sites excluding steroid dienone is 4. The number of rotatable bonds is 5. The van der Waals surface area contributed by atoms with Crippen molar-refractivity contribution in [2.75, 3.05) is 6.61 Å². The largest absolute Gasteiger partial charge is 0.458 e. The van der Waals surface area contributed by atoms with Crippen LogP contribution in [-0.2, 0) is 19.1 Å². The van der Waals surface area contributed by atoms with Crippen molar-refractivity contribution in [3.05, 3.63) is 23.8 Å². The van der Waals surface area contributed by atoms with Crippen LogP contribution in [0.25, 0.3) is 0 Å². The van der Waals surface area contributed by atoms with Crippen LogP contribution in [0.2, 0.25) is 0 Å². The average Bonchev–Trinajstić information content (AvgIpc) is 3.06. The van der Waals surface area contributed by atoms with Crippen LogP contribution in [0, 0.1) is 34.5 Å². The molecule has 4 saturated carbocycles. The summed E-state index contributed by atoms with van der Waals surface area (Å²) in [5.41, 5.74) is -5.33. The second kappa shape index (κ2) is 9.11. The molecule has 0 aromatic heterocycles. The van der Waals surface area contributed by atoms with E-state index >= 15 is 4.39 Å². The highest BCUT2D eigenvalue weighted by atomic mass is 19.1. The summed E-state index contributed by atoms with van der Waals surface area (Å²) in [7, 11) is 0. The molecule has 0 aliphatic heterocycles. The number of ketones is 2. The zero-order chi connectivity index (χ0) is 26.8. The molecule has 5 rings (SSSR count). The van der Waals surface area contributed by atoms with E-state index in [4.69, 9.17) is 4.74 Å². The third-order valence-corrected chi connectivity index (χ3v) is 11.2. The highest BCUT2D eigenvalue weighted by Gasteiger charge is 2.75. The van der Waals surface area contributed by atoms with Crippen LogP contribution >= 0.6 is 0 Å². The zero-order valence-electron chi connectivity index (χ0n) is 22.3. The summed E-state index contributed by atoms with van der Waals surface area (Å²) < 4.78 is 22.6. The van der Waals surface area contributed by atoms with E-state index in [0.717, 1.165) is 25.7 Å². The maximum atomic E-state index is 17.2. The fraction of sp³-hybridized carbons (Fsp3) is 0.767. The number of aliphatic hydroxyl groups is 2. The van der Waals surface area contributed by atoms with Gasteiger partial charge in [0.05, 0.1) is 6.10 Å². The summed E-state index contributed by atoms with van der Waals surface area (Å²) in [6.45, 7) is 4.83. The Hall–Kier alpha value is -1.86. The Morgan fingerprint density at radius 2 is 1.84 bits per heavy atom. The summed E-state index contributed by atoms with van der Waals surface area (Å²) in [5, 5.41) is 23.4. The lowest BCUT2D eigenvalue weighted by molar-refractivity contribution is -0.220. The van der Waals surface area contributed by atoms with Crippen LogP contribution < -0.4 is 0 Å². The molecule has 8 atom stereocenters. The van der Waals surface area contributed by atoms with E-state index in [0.29, 0.717) is 24.8 Å². The third-order valence-electron chi connectivity index (χ3n) is 11.2. The normalized spacial score (nSPS) is 45.5. The quantitative estimate of drug-likeness (QED) is 0.525. The van der Waals surface area contributed by atoms with Gasteiger partial charge in [-0.1, -0.05) is 44.8 Å². The van der Waals surface area contributed by atoms with Gasteiger partial charge in [0.15, 0.2) is 18.1 Å². The minimum absolute atomic E-state index is 0.0854. The van der Waals surface area contributed by atoms with Gasteiger partial charge in [0.25, 0.3) is 0 Å². The smallest absolute Gasteiger partial charge is 0.306 e. The molecule has 0 heterocycles. The number of hydrogen-bond acceptors (Lipinski definition) is 6. The highest BCUT2D eigenvalue weighted by Crippen LogP contribution is 2.70. The van der Waals surface area contributed by atoms with Gasteiger partial charge in [-0.15, -0.1) is 0 Å². The number of fused-ring (bicyclic) bond motifs is 5. The molecular weight excluding hydrogens is 475 g/mol. The first kappa shape index (κ1) is 26.7. The Morgan fingerprint density at radius 1 is 1.14 bits per heavy atom. The number of carbonyl (C=O) groups excluding carboxylic acids is 3.